The van der Waals surface area contributed by atoms with Gasteiger partial charge < -0.3 is 9.47 Å². The van der Waals surface area contributed by atoms with Crippen molar-refractivity contribution in [2.75, 3.05) is 13.2 Å². The maximum absolute atomic E-state index is 12.1. The van der Waals surface area contributed by atoms with Gasteiger partial charge in [0.2, 0.25) is 0 Å². The summed E-state index contributed by atoms with van der Waals surface area (Å²) in [5.41, 5.74) is 0.555. The van der Waals surface area contributed by atoms with Gasteiger partial charge in [-0.3, -0.25) is 0 Å². The Kier molecular flexibility index (Phi) is 5.14. The minimum Gasteiger partial charge on any atom is -0.459 e. The lowest BCUT2D eigenvalue weighted by Gasteiger charge is -2.22. The zero-order valence-corrected chi connectivity index (χ0v) is 13.6. The molecule has 116 valence electrons. The number of ether oxygens (including phenoxy) is 2. The van der Waals surface area contributed by atoms with Crippen molar-refractivity contribution < 1.29 is 22.7 Å². The number of aryl methyl sites for hydroxylation is 1. The van der Waals surface area contributed by atoms with E-state index >= 15 is 0 Å². The summed E-state index contributed by atoms with van der Waals surface area (Å²) in [6.45, 7) is 2.68. The smallest absolute Gasteiger partial charge is 0.338 e. The number of esters is 1. The van der Waals surface area contributed by atoms with Crippen molar-refractivity contribution in [3.63, 3.8) is 0 Å². The highest BCUT2D eigenvalue weighted by molar-refractivity contribution is 8.13. The second-order valence-electron chi connectivity index (χ2n) is 4.76. The van der Waals surface area contributed by atoms with E-state index in [-0.39, 0.29) is 21.6 Å². The van der Waals surface area contributed by atoms with Crippen LogP contribution in [0.3, 0.4) is 0 Å². The minimum atomic E-state index is -4.03. The lowest BCUT2D eigenvalue weighted by Crippen LogP contribution is -2.26. The molecule has 21 heavy (non-hydrogen) atoms. The molecule has 0 aromatic heterocycles. The first-order chi connectivity index (χ1) is 9.79. The Labute approximate surface area is 132 Å². The molecule has 0 N–H and O–H groups in total. The molecule has 1 aliphatic rings. The summed E-state index contributed by atoms with van der Waals surface area (Å²) in [5, 5.41) is 0.00705. The van der Waals surface area contributed by atoms with Gasteiger partial charge >= 0.3 is 5.97 Å². The van der Waals surface area contributed by atoms with E-state index in [1.165, 1.54) is 6.07 Å². The molecule has 1 aromatic carbocycles. The first-order valence-corrected chi connectivity index (χ1v) is 9.01. The van der Waals surface area contributed by atoms with Crippen LogP contribution in [-0.2, 0) is 18.5 Å². The van der Waals surface area contributed by atoms with Gasteiger partial charge in [0.1, 0.15) is 11.0 Å². The summed E-state index contributed by atoms with van der Waals surface area (Å²) in [6, 6.07) is 2.62. The van der Waals surface area contributed by atoms with Crippen LogP contribution in [0.4, 0.5) is 0 Å². The van der Waals surface area contributed by atoms with Crippen molar-refractivity contribution in [1.82, 2.24) is 0 Å². The maximum Gasteiger partial charge on any atom is 0.338 e. The highest BCUT2D eigenvalue weighted by Gasteiger charge is 2.23. The van der Waals surface area contributed by atoms with Gasteiger partial charge in [0, 0.05) is 23.5 Å². The van der Waals surface area contributed by atoms with Gasteiger partial charge in [0.15, 0.2) is 0 Å². The van der Waals surface area contributed by atoms with Gasteiger partial charge in [-0.15, -0.1) is 0 Å². The third-order valence-corrected chi connectivity index (χ3v) is 5.12. The molecule has 0 atom stereocenters. The van der Waals surface area contributed by atoms with E-state index in [0.717, 1.165) is 6.07 Å². The fourth-order valence-electron chi connectivity index (χ4n) is 2.05. The van der Waals surface area contributed by atoms with Crippen LogP contribution in [0, 0.1) is 6.92 Å². The van der Waals surface area contributed by atoms with E-state index in [9.17, 15) is 13.2 Å². The van der Waals surface area contributed by atoms with Crippen LogP contribution in [0.2, 0.25) is 5.02 Å². The second kappa shape index (κ2) is 6.52. The van der Waals surface area contributed by atoms with E-state index in [2.05, 4.69) is 0 Å². The molecule has 1 heterocycles. The quantitative estimate of drug-likeness (QED) is 0.617. The number of carbonyl (C=O) groups is 1. The lowest BCUT2D eigenvalue weighted by atomic mass is 10.1. The zero-order chi connectivity index (χ0) is 15.6. The highest BCUT2D eigenvalue weighted by atomic mass is 35.7. The monoisotopic (exact) mass is 352 g/mol. The third kappa shape index (κ3) is 4.10. The van der Waals surface area contributed by atoms with Crippen LogP contribution in [0.15, 0.2) is 17.0 Å². The molecule has 1 fully saturated rings. The Morgan fingerprint density at radius 3 is 2.52 bits per heavy atom. The van der Waals surface area contributed by atoms with Crippen LogP contribution in [0.25, 0.3) is 0 Å². The molecular weight excluding hydrogens is 339 g/mol. The van der Waals surface area contributed by atoms with Gasteiger partial charge in [-0.25, -0.2) is 13.2 Å². The number of hydrogen-bond acceptors (Lipinski definition) is 5. The molecule has 0 radical (unpaired) electrons. The summed E-state index contributed by atoms with van der Waals surface area (Å²) in [6.07, 6.45) is 1.02. The molecule has 1 aromatic rings. The van der Waals surface area contributed by atoms with Gasteiger partial charge in [0.25, 0.3) is 9.05 Å². The molecule has 0 unspecified atom stereocenters. The molecule has 5 nitrogen and oxygen atoms in total. The lowest BCUT2D eigenvalue weighted by molar-refractivity contribution is -0.0159. The fraction of sp³-hybridized carbons (Fsp3) is 0.462. The van der Waals surface area contributed by atoms with Crippen molar-refractivity contribution >= 4 is 37.3 Å². The van der Waals surface area contributed by atoms with Gasteiger partial charge in [0.05, 0.1) is 23.8 Å². The van der Waals surface area contributed by atoms with Crippen LogP contribution in [0.5, 0.6) is 0 Å². The molecule has 1 aliphatic heterocycles. The summed E-state index contributed by atoms with van der Waals surface area (Å²) in [4.78, 5) is 11.8. The summed E-state index contributed by atoms with van der Waals surface area (Å²) >= 11 is 5.91. The van der Waals surface area contributed by atoms with Crippen molar-refractivity contribution in [2.24, 2.45) is 0 Å². The molecule has 0 aliphatic carbocycles. The van der Waals surface area contributed by atoms with Crippen molar-refractivity contribution in [1.29, 1.82) is 0 Å². The average Bonchev–Trinajstić information content (AvgIpc) is 2.41. The van der Waals surface area contributed by atoms with Crippen LogP contribution in [-0.4, -0.2) is 33.7 Å². The first-order valence-electron chi connectivity index (χ1n) is 6.32. The second-order valence-corrected chi connectivity index (χ2v) is 7.67. The Morgan fingerprint density at radius 1 is 1.33 bits per heavy atom. The number of hydrogen-bond donors (Lipinski definition) is 0. The molecule has 0 amide bonds. The van der Waals surface area contributed by atoms with Crippen molar-refractivity contribution in [3.05, 3.63) is 28.3 Å². The molecule has 0 bridgehead atoms. The number of carbonyl (C=O) groups excluding carboxylic acids is 1. The molecule has 2 rings (SSSR count). The predicted molar refractivity (Wildman–Crippen MR) is 78.5 cm³/mol. The highest BCUT2D eigenvalue weighted by Crippen LogP contribution is 2.29. The van der Waals surface area contributed by atoms with Crippen LogP contribution >= 0.6 is 22.3 Å². The molecule has 8 heteroatoms. The third-order valence-electron chi connectivity index (χ3n) is 3.16. The Bertz CT molecular complexity index is 651. The Balaban J connectivity index is 2.27. The largest absolute Gasteiger partial charge is 0.459 e. The first kappa shape index (κ1) is 16.5. The van der Waals surface area contributed by atoms with Crippen LogP contribution in [0.1, 0.15) is 28.8 Å². The van der Waals surface area contributed by atoms with Gasteiger partial charge in [-0.05, 0) is 24.6 Å². The Morgan fingerprint density at radius 2 is 1.95 bits per heavy atom. The summed E-state index contributed by atoms with van der Waals surface area (Å²) in [5.74, 6) is -0.594. The molecular formula is C13H14Cl2O5S. The number of rotatable bonds is 3. The van der Waals surface area contributed by atoms with Gasteiger partial charge in [-0.1, -0.05) is 11.6 Å². The van der Waals surface area contributed by atoms with E-state index in [4.69, 9.17) is 31.8 Å². The normalized spacial score (nSPS) is 16.7. The summed E-state index contributed by atoms with van der Waals surface area (Å²) < 4.78 is 33.5. The molecule has 0 saturated carbocycles. The van der Waals surface area contributed by atoms with E-state index in [0.29, 0.717) is 31.6 Å². The van der Waals surface area contributed by atoms with E-state index in [1.54, 1.807) is 6.92 Å². The van der Waals surface area contributed by atoms with Crippen LogP contribution < -0.4 is 0 Å². The number of halogens is 2. The summed E-state index contributed by atoms with van der Waals surface area (Å²) in [7, 11) is 1.29. The van der Waals surface area contributed by atoms with E-state index in [1.807, 2.05) is 0 Å². The molecule has 0 spiro atoms. The molecule has 1 saturated heterocycles. The minimum absolute atomic E-state index is 0.00705. The van der Waals surface area contributed by atoms with Gasteiger partial charge in [-0.2, -0.15) is 0 Å². The average molecular weight is 353 g/mol. The SMILES string of the molecule is Cc1cc(C(=O)OC2CCOCC2)cc(S(=O)(=O)Cl)c1Cl. The zero-order valence-electron chi connectivity index (χ0n) is 11.3. The van der Waals surface area contributed by atoms with Crippen molar-refractivity contribution in [3.8, 4) is 0 Å². The standard InChI is InChI=1S/C13H14Cl2O5S/c1-8-6-9(7-11(12(8)14)21(15,17)18)13(16)20-10-2-4-19-5-3-10/h6-7,10H,2-5H2,1H3. The Hall–Kier alpha value is -0.820. The predicted octanol–water partition coefficient (Wildman–Crippen LogP) is 2.91. The number of benzene rings is 1. The fourth-order valence-corrected chi connectivity index (χ4v) is 3.59. The maximum atomic E-state index is 12.1. The van der Waals surface area contributed by atoms with Crippen molar-refractivity contribution in [2.45, 2.75) is 30.8 Å². The van der Waals surface area contributed by atoms with E-state index < -0.39 is 15.0 Å². The topological polar surface area (TPSA) is 69.7 Å².